The highest BCUT2D eigenvalue weighted by Crippen LogP contribution is 2.21. The molecular weight excluding hydrogens is 92.1 g/mol. The number of methoxy groups -OCH3 is 1. The zero-order valence-electron chi connectivity index (χ0n) is 4.10. The van der Waals surface area contributed by atoms with Gasteiger partial charge in [-0.2, -0.15) is 0 Å². The van der Waals surface area contributed by atoms with Gasteiger partial charge >= 0.3 is 0 Å². The van der Waals surface area contributed by atoms with E-state index in [-0.39, 0.29) is 5.78 Å². The van der Waals surface area contributed by atoms with Gasteiger partial charge in [-0.15, -0.1) is 0 Å². The lowest BCUT2D eigenvalue weighted by atomic mass is 10.7. The van der Waals surface area contributed by atoms with E-state index < -0.39 is 0 Å². The second-order valence-corrected chi connectivity index (χ2v) is 1.48. The molecule has 0 radical (unpaired) electrons. The number of allylic oxidation sites excluding steroid dienone is 1. The Labute approximate surface area is 41.8 Å². The van der Waals surface area contributed by atoms with E-state index >= 15 is 0 Å². The Morgan fingerprint density at radius 2 is 2.43 bits per heavy atom. The van der Waals surface area contributed by atoms with Crippen LogP contribution in [0.3, 0.4) is 0 Å². The largest absolute Gasteiger partial charge is 0.504 e. The van der Waals surface area contributed by atoms with Gasteiger partial charge in [0.2, 0.25) is 0 Å². The minimum Gasteiger partial charge on any atom is -0.504 e. The fraction of sp³-hybridized carbons (Fsp3) is 0.400. The standard InChI is InChI=1S/C5H6O2/c1-7-3-4-2-5(4)6/h3H,2H2,1H3/b4-3-. The van der Waals surface area contributed by atoms with Crippen molar-refractivity contribution in [3.8, 4) is 0 Å². The SMILES string of the molecule is CO/C=C1/CC1=O. The number of carbonyl (C=O) groups is 1. The highest BCUT2D eigenvalue weighted by Gasteiger charge is 2.25. The van der Waals surface area contributed by atoms with Crippen molar-refractivity contribution in [1.82, 2.24) is 0 Å². The van der Waals surface area contributed by atoms with Crippen molar-refractivity contribution in [2.45, 2.75) is 6.42 Å². The monoisotopic (exact) mass is 98.0 g/mol. The van der Waals surface area contributed by atoms with Crippen molar-refractivity contribution in [2.24, 2.45) is 0 Å². The molecule has 1 aliphatic carbocycles. The van der Waals surface area contributed by atoms with Crippen molar-refractivity contribution < 1.29 is 9.53 Å². The first-order chi connectivity index (χ1) is 3.34. The average Bonchev–Trinajstić information content (AvgIpc) is 2.22. The van der Waals surface area contributed by atoms with Crippen LogP contribution in [0.25, 0.3) is 0 Å². The second-order valence-electron chi connectivity index (χ2n) is 1.48. The molecule has 1 aliphatic rings. The molecule has 0 unspecified atom stereocenters. The maximum Gasteiger partial charge on any atom is 0.166 e. The minimum atomic E-state index is 0.210. The van der Waals surface area contributed by atoms with Gasteiger partial charge in [0, 0.05) is 12.0 Å². The molecule has 0 N–H and O–H groups in total. The van der Waals surface area contributed by atoms with Crippen LogP contribution < -0.4 is 0 Å². The van der Waals surface area contributed by atoms with Crippen LogP contribution >= 0.6 is 0 Å². The highest BCUT2D eigenvalue weighted by molar-refractivity contribution is 6.13. The third kappa shape index (κ3) is 0.796. The normalized spacial score (nSPS) is 23.0. The third-order valence-corrected chi connectivity index (χ3v) is 0.844. The molecule has 1 fully saturated rings. The van der Waals surface area contributed by atoms with Gasteiger partial charge in [-0.3, -0.25) is 4.79 Å². The van der Waals surface area contributed by atoms with Gasteiger partial charge < -0.3 is 4.74 Å². The zero-order chi connectivity index (χ0) is 5.28. The fourth-order valence-electron chi connectivity index (χ4n) is 0.378. The van der Waals surface area contributed by atoms with Crippen LogP contribution in [0.4, 0.5) is 0 Å². The lowest BCUT2D eigenvalue weighted by Gasteiger charge is -1.77. The summed E-state index contributed by atoms with van der Waals surface area (Å²) in [6, 6.07) is 0. The number of ketones is 1. The summed E-state index contributed by atoms with van der Waals surface area (Å²) in [5.41, 5.74) is 0.808. The molecule has 0 bridgehead atoms. The van der Waals surface area contributed by atoms with Crippen molar-refractivity contribution in [3.05, 3.63) is 11.8 Å². The first-order valence-electron chi connectivity index (χ1n) is 2.09. The van der Waals surface area contributed by atoms with Crippen LogP contribution in [-0.2, 0) is 9.53 Å². The Morgan fingerprint density at radius 3 is 2.57 bits per heavy atom. The topological polar surface area (TPSA) is 26.3 Å². The lowest BCUT2D eigenvalue weighted by molar-refractivity contribution is -0.108. The van der Waals surface area contributed by atoms with Gasteiger partial charge in [0.05, 0.1) is 13.4 Å². The first-order valence-corrected chi connectivity index (χ1v) is 2.09. The summed E-state index contributed by atoms with van der Waals surface area (Å²) in [5, 5.41) is 0. The van der Waals surface area contributed by atoms with E-state index in [0.717, 1.165) is 5.57 Å². The molecule has 7 heavy (non-hydrogen) atoms. The molecule has 0 aliphatic heterocycles. The molecule has 2 heteroatoms. The van der Waals surface area contributed by atoms with Gasteiger partial charge in [-0.25, -0.2) is 0 Å². The quantitative estimate of drug-likeness (QED) is 0.352. The van der Waals surface area contributed by atoms with Crippen molar-refractivity contribution in [2.75, 3.05) is 7.11 Å². The molecule has 0 aromatic carbocycles. The molecule has 0 saturated heterocycles. The van der Waals surface area contributed by atoms with E-state index in [0.29, 0.717) is 6.42 Å². The van der Waals surface area contributed by atoms with E-state index in [2.05, 4.69) is 4.74 Å². The molecule has 2 nitrogen and oxygen atoms in total. The van der Waals surface area contributed by atoms with E-state index in [1.807, 2.05) is 0 Å². The van der Waals surface area contributed by atoms with Gasteiger partial charge in [-0.1, -0.05) is 0 Å². The summed E-state index contributed by atoms with van der Waals surface area (Å²) < 4.78 is 4.55. The Hall–Kier alpha value is -0.790. The molecule has 0 aromatic heterocycles. The molecule has 1 saturated carbocycles. The van der Waals surface area contributed by atoms with E-state index in [4.69, 9.17) is 0 Å². The molecule has 0 heterocycles. The number of rotatable bonds is 1. The molecule has 0 atom stereocenters. The smallest absolute Gasteiger partial charge is 0.166 e. The fourth-order valence-corrected chi connectivity index (χ4v) is 0.378. The van der Waals surface area contributed by atoms with Gasteiger partial charge in [0.1, 0.15) is 0 Å². The number of hydrogen-bond donors (Lipinski definition) is 0. The van der Waals surface area contributed by atoms with Crippen LogP contribution in [0.15, 0.2) is 11.8 Å². The van der Waals surface area contributed by atoms with E-state index in [1.165, 1.54) is 6.26 Å². The van der Waals surface area contributed by atoms with Gasteiger partial charge in [-0.05, 0) is 0 Å². The predicted molar refractivity (Wildman–Crippen MR) is 24.7 cm³/mol. The predicted octanol–water partition coefficient (Wildman–Crippen LogP) is 0.489. The zero-order valence-corrected chi connectivity index (χ0v) is 4.10. The summed E-state index contributed by atoms with van der Waals surface area (Å²) >= 11 is 0. The lowest BCUT2D eigenvalue weighted by Crippen LogP contribution is -1.63. The maximum atomic E-state index is 10.1. The van der Waals surface area contributed by atoms with Gasteiger partial charge in [0.25, 0.3) is 0 Å². The van der Waals surface area contributed by atoms with Crippen LogP contribution in [0.1, 0.15) is 6.42 Å². The summed E-state index contributed by atoms with van der Waals surface area (Å²) in [4.78, 5) is 10.1. The summed E-state index contributed by atoms with van der Waals surface area (Å²) in [6.07, 6.45) is 2.09. The summed E-state index contributed by atoms with van der Waals surface area (Å²) in [6.45, 7) is 0. The van der Waals surface area contributed by atoms with Gasteiger partial charge in [0.15, 0.2) is 5.78 Å². The number of Topliss-reactive ketones (excluding diaryl/α,β-unsaturated/α-hetero) is 1. The minimum absolute atomic E-state index is 0.210. The molecule has 1 rings (SSSR count). The van der Waals surface area contributed by atoms with Crippen LogP contribution in [-0.4, -0.2) is 12.9 Å². The summed E-state index contributed by atoms with van der Waals surface area (Å²) in [7, 11) is 1.54. The molecule has 0 amide bonds. The highest BCUT2D eigenvalue weighted by atomic mass is 16.5. The molecule has 0 aromatic rings. The van der Waals surface area contributed by atoms with E-state index in [9.17, 15) is 4.79 Å². The Morgan fingerprint density at radius 1 is 1.86 bits per heavy atom. The second kappa shape index (κ2) is 1.37. The molecule has 38 valence electrons. The maximum absolute atomic E-state index is 10.1. The third-order valence-electron chi connectivity index (χ3n) is 0.844. The number of ether oxygens (including phenoxy) is 1. The van der Waals surface area contributed by atoms with Crippen LogP contribution in [0.5, 0.6) is 0 Å². The Kier molecular flexibility index (Phi) is 0.855. The molecule has 0 spiro atoms. The average molecular weight is 98.1 g/mol. The first kappa shape index (κ1) is 4.37. The molecular formula is C5H6O2. The number of carbonyl (C=O) groups excluding carboxylic acids is 1. The summed E-state index contributed by atoms with van der Waals surface area (Å²) in [5.74, 6) is 0.210. The van der Waals surface area contributed by atoms with Crippen molar-refractivity contribution in [3.63, 3.8) is 0 Å². The Bertz CT molecular complexity index is 124. The van der Waals surface area contributed by atoms with E-state index in [1.54, 1.807) is 7.11 Å². The van der Waals surface area contributed by atoms with Crippen LogP contribution in [0.2, 0.25) is 0 Å². The Balaban J connectivity index is 2.44. The van der Waals surface area contributed by atoms with Crippen molar-refractivity contribution >= 4 is 5.78 Å². The van der Waals surface area contributed by atoms with Crippen molar-refractivity contribution in [1.29, 1.82) is 0 Å². The number of hydrogen-bond acceptors (Lipinski definition) is 2. The van der Waals surface area contributed by atoms with Crippen LogP contribution in [0, 0.1) is 0 Å².